The number of hydrogen-bond acceptors (Lipinski definition) is 5. The van der Waals surface area contributed by atoms with Gasteiger partial charge in [0.1, 0.15) is 5.76 Å². The van der Waals surface area contributed by atoms with Gasteiger partial charge in [-0.15, -0.1) is 0 Å². The average Bonchev–Trinajstić information content (AvgIpc) is 3.09. The van der Waals surface area contributed by atoms with Gasteiger partial charge in [0.05, 0.1) is 11.6 Å². The Morgan fingerprint density at radius 1 is 0.875 bits per heavy atom. The van der Waals surface area contributed by atoms with Crippen molar-refractivity contribution in [2.24, 2.45) is 0 Å². The molecule has 32 heavy (non-hydrogen) atoms. The Morgan fingerprint density at radius 3 is 2.41 bits per heavy atom. The number of hydrogen-bond donors (Lipinski definition) is 1. The lowest BCUT2D eigenvalue weighted by Crippen LogP contribution is -2.29. The number of ketones is 1. The fraction of sp³-hybridized carbons (Fsp3) is 0.0769. The number of amides is 1. The van der Waals surface area contributed by atoms with E-state index in [-0.39, 0.29) is 17.9 Å². The van der Waals surface area contributed by atoms with Crippen LogP contribution in [-0.2, 0) is 16.1 Å². The minimum absolute atomic E-state index is 0.0623. The molecule has 6 heteroatoms. The minimum atomic E-state index is -0.747. The molecular formula is C26H19N3O3. The van der Waals surface area contributed by atoms with Crippen molar-refractivity contribution >= 4 is 28.2 Å². The predicted octanol–water partition coefficient (Wildman–Crippen LogP) is 4.25. The molecule has 1 unspecified atom stereocenters. The molecule has 1 N–H and O–H groups in total. The zero-order chi connectivity index (χ0) is 22.1. The summed E-state index contributed by atoms with van der Waals surface area (Å²) in [7, 11) is 0. The molecule has 2 aromatic carbocycles. The summed E-state index contributed by atoms with van der Waals surface area (Å²) in [5.74, 6) is -1.56. The van der Waals surface area contributed by atoms with Crippen molar-refractivity contribution in [3.05, 3.63) is 114 Å². The molecule has 5 rings (SSSR count). The standard InChI is InChI=1S/C26H19N3O3/c30-24(20-8-7-18-4-1-2-5-19(18)14-20)22-23(21-6-3-11-28-15-21)29(26(32)25(22)31)16-17-9-12-27-13-10-17/h1-15,23,30H,16H2/b24-22-. The number of nitrogens with zero attached hydrogens (tertiary/aromatic N) is 3. The van der Waals surface area contributed by atoms with Crippen molar-refractivity contribution in [1.29, 1.82) is 0 Å². The Balaban J connectivity index is 1.66. The molecule has 0 radical (unpaired) electrons. The molecule has 1 aliphatic heterocycles. The second-order valence-electron chi connectivity index (χ2n) is 7.63. The number of aliphatic hydroxyl groups is 1. The van der Waals surface area contributed by atoms with Gasteiger partial charge in [0, 0.05) is 36.9 Å². The Kier molecular flexibility index (Phi) is 4.95. The summed E-state index contributed by atoms with van der Waals surface area (Å²) in [4.78, 5) is 35.8. The van der Waals surface area contributed by atoms with E-state index in [0.717, 1.165) is 16.3 Å². The first-order chi connectivity index (χ1) is 15.6. The van der Waals surface area contributed by atoms with E-state index in [2.05, 4.69) is 9.97 Å². The largest absolute Gasteiger partial charge is 0.507 e. The first-order valence-corrected chi connectivity index (χ1v) is 10.2. The van der Waals surface area contributed by atoms with Gasteiger partial charge in [-0.25, -0.2) is 0 Å². The van der Waals surface area contributed by atoms with Crippen LogP contribution in [0, 0.1) is 0 Å². The van der Waals surface area contributed by atoms with Crippen LogP contribution >= 0.6 is 0 Å². The van der Waals surface area contributed by atoms with E-state index >= 15 is 0 Å². The number of benzene rings is 2. The van der Waals surface area contributed by atoms with Gasteiger partial charge in [-0.1, -0.05) is 42.5 Å². The molecule has 2 aromatic heterocycles. The van der Waals surface area contributed by atoms with Crippen LogP contribution in [0.2, 0.25) is 0 Å². The SMILES string of the molecule is O=C1C(=O)N(Cc2ccncc2)C(c2cccnc2)/C1=C(/O)c1ccc2ccccc2c1. The molecule has 3 heterocycles. The van der Waals surface area contributed by atoms with Gasteiger partial charge in [-0.2, -0.15) is 0 Å². The summed E-state index contributed by atoms with van der Waals surface area (Å²) in [5.41, 5.74) is 2.04. The lowest BCUT2D eigenvalue weighted by molar-refractivity contribution is -0.140. The minimum Gasteiger partial charge on any atom is -0.507 e. The van der Waals surface area contributed by atoms with Crippen LogP contribution < -0.4 is 0 Å². The quantitative estimate of drug-likeness (QED) is 0.303. The number of carbonyl (C=O) groups is 2. The van der Waals surface area contributed by atoms with Crippen molar-refractivity contribution < 1.29 is 14.7 Å². The van der Waals surface area contributed by atoms with E-state index in [1.165, 1.54) is 4.90 Å². The number of aromatic nitrogens is 2. The lowest BCUT2D eigenvalue weighted by Gasteiger charge is -2.25. The molecule has 0 saturated carbocycles. The van der Waals surface area contributed by atoms with Gasteiger partial charge in [-0.05, 0) is 46.2 Å². The van der Waals surface area contributed by atoms with Crippen molar-refractivity contribution in [3.63, 3.8) is 0 Å². The Bertz CT molecular complexity index is 1350. The van der Waals surface area contributed by atoms with E-state index in [4.69, 9.17) is 0 Å². The summed E-state index contributed by atoms with van der Waals surface area (Å²) < 4.78 is 0. The van der Waals surface area contributed by atoms with Crippen LogP contribution in [0.3, 0.4) is 0 Å². The van der Waals surface area contributed by atoms with Gasteiger partial charge in [-0.3, -0.25) is 19.6 Å². The third-order valence-corrected chi connectivity index (χ3v) is 5.67. The predicted molar refractivity (Wildman–Crippen MR) is 120 cm³/mol. The van der Waals surface area contributed by atoms with Crippen LogP contribution in [0.1, 0.15) is 22.7 Å². The van der Waals surface area contributed by atoms with E-state index < -0.39 is 17.7 Å². The summed E-state index contributed by atoms with van der Waals surface area (Å²) in [6, 6.07) is 19.6. The maximum Gasteiger partial charge on any atom is 0.295 e. The molecule has 0 bridgehead atoms. The molecule has 6 nitrogen and oxygen atoms in total. The zero-order valence-corrected chi connectivity index (χ0v) is 17.1. The number of aliphatic hydroxyl groups excluding tert-OH is 1. The Morgan fingerprint density at radius 2 is 1.66 bits per heavy atom. The maximum atomic E-state index is 13.1. The van der Waals surface area contributed by atoms with Gasteiger partial charge in [0.2, 0.25) is 0 Å². The van der Waals surface area contributed by atoms with E-state index in [1.807, 2.05) is 36.4 Å². The van der Waals surface area contributed by atoms with Crippen LogP contribution in [0.15, 0.2) is 97.1 Å². The molecule has 4 aromatic rings. The molecule has 156 valence electrons. The monoisotopic (exact) mass is 421 g/mol. The zero-order valence-electron chi connectivity index (χ0n) is 17.1. The van der Waals surface area contributed by atoms with Gasteiger partial charge < -0.3 is 10.0 Å². The smallest absolute Gasteiger partial charge is 0.295 e. The second kappa shape index (κ2) is 8.07. The van der Waals surface area contributed by atoms with Crippen molar-refractivity contribution in [1.82, 2.24) is 14.9 Å². The normalized spacial score (nSPS) is 17.8. The first-order valence-electron chi connectivity index (χ1n) is 10.2. The highest BCUT2D eigenvalue weighted by atomic mass is 16.3. The summed E-state index contributed by atoms with van der Waals surface area (Å²) in [6.07, 6.45) is 6.52. The van der Waals surface area contributed by atoms with Crippen molar-refractivity contribution in [2.75, 3.05) is 0 Å². The highest BCUT2D eigenvalue weighted by molar-refractivity contribution is 6.46. The summed E-state index contributed by atoms with van der Waals surface area (Å²) in [5, 5.41) is 13.2. The molecule has 1 fully saturated rings. The van der Waals surface area contributed by atoms with Gasteiger partial charge in [0.15, 0.2) is 0 Å². The lowest BCUT2D eigenvalue weighted by atomic mass is 9.95. The molecule has 1 aliphatic rings. The third kappa shape index (κ3) is 3.41. The maximum absolute atomic E-state index is 13.1. The third-order valence-electron chi connectivity index (χ3n) is 5.67. The van der Waals surface area contributed by atoms with E-state index in [1.54, 1.807) is 55.1 Å². The molecule has 0 spiro atoms. The number of Topliss-reactive ketones (excluding diaryl/α,β-unsaturated/α-hetero) is 1. The highest BCUT2D eigenvalue weighted by Gasteiger charge is 2.46. The second-order valence-corrected chi connectivity index (χ2v) is 7.63. The van der Waals surface area contributed by atoms with E-state index in [9.17, 15) is 14.7 Å². The van der Waals surface area contributed by atoms with Crippen LogP contribution in [0.5, 0.6) is 0 Å². The van der Waals surface area contributed by atoms with Gasteiger partial charge in [0.25, 0.3) is 11.7 Å². The first kappa shape index (κ1) is 19.6. The van der Waals surface area contributed by atoms with Crippen LogP contribution in [0.4, 0.5) is 0 Å². The summed E-state index contributed by atoms with van der Waals surface area (Å²) in [6.45, 7) is 0.209. The topological polar surface area (TPSA) is 83.4 Å². The number of fused-ring (bicyclic) bond motifs is 1. The fourth-order valence-corrected chi connectivity index (χ4v) is 4.10. The Hall–Kier alpha value is -4.32. The summed E-state index contributed by atoms with van der Waals surface area (Å²) >= 11 is 0. The number of rotatable bonds is 4. The molecular weight excluding hydrogens is 402 g/mol. The van der Waals surface area contributed by atoms with Crippen molar-refractivity contribution in [2.45, 2.75) is 12.6 Å². The molecule has 1 amide bonds. The number of carbonyl (C=O) groups excluding carboxylic acids is 2. The van der Waals surface area contributed by atoms with Gasteiger partial charge >= 0.3 is 0 Å². The van der Waals surface area contributed by atoms with Crippen molar-refractivity contribution in [3.8, 4) is 0 Å². The van der Waals surface area contributed by atoms with E-state index in [0.29, 0.717) is 11.1 Å². The van der Waals surface area contributed by atoms with Crippen LogP contribution in [0.25, 0.3) is 16.5 Å². The fourth-order valence-electron chi connectivity index (χ4n) is 4.10. The molecule has 0 aliphatic carbocycles. The number of pyridine rings is 2. The van der Waals surface area contributed by atoms with Crippen LogP contribution in [-0.4, -0.2) is 31.7 Å². The Labute approximate surface area is 184 Å². The highest BCUT2D eigenvalue weighted by Crippen LogP contribution is 2.40. The molecule has 1 saturated heterocycles. The number of likely N-dealkylation sites (tertiary alicyclic amines) is 1. The average molecular weight is 421 g/mol. The molecule has 1 atom stereocenters.